The zero-order valence-corrected chi connectivity index (χ0v) is 20.3. The zero-order chi connectivity index (χ0) is 24.7. The van der Waals surface area contributed by atoms with Crippen LogP contribution in [0, 0.1) is 23.6 Å². The Morgan fingerprint density at radius 1 is 1.26 bits per heavy atom. The van der Waals surface area contributed by atoms with Crippen molar-refractivity contribution in [3.63, 3.8) is 0 Å². The Bertz CT molecular complexity index is 1200. The van der Waals surface area contributed by atoms with Crippen LogP contribution < -0.4 is 0 Å². The lowest BCUT2D eigenvalue weighted by Crippen LogP contribution is -2.34. The molecule has 2 N–H and O–H groups in total. The fraction of sp³-hybridized carbons (Fsp3) is 0.407. The van der Waals surface area contributed by atoms with Gasteiger partial charge in [-0.1, -0.05) is 23.8 Å². The van der Waals surface area contributed by atoms with Gasteiger partial charge in [-0.25, -0.2) is 4.39 Å². The van der Waals surface area contributed by atoms with E-state index >= 15 is 0 Å². The van der Waals surface area contributed by atoms with Crippen LogP contribution in [0.5, 0.6) is 5.75 Å². The van der Waals surface area contributed by atoms with Gasteiger partial charge in [-0.15, -0.1) is 11.3 Å². The number of carbonyl (C=O) groups is 2. The van der Waals surface area contributed by atoms with E-state index in [0.29, 0.717) is 38.0 Å². The number of phenols is 1. The Balaban J connectivity index is 1.31. The number of aliphatic hydroxyl groups is 1. The number of imide groups is 1. The lowest BCUT2D eigenvalue weighted by molar-refractivity contribution is -0.140. The Kier molecular flexibility index (Phi) is 6.61. The summed E-state index contributed by atoms with van der Waals surface area (Å²) in [5.41, 5.74) is 3.49. The van der Waals surface area contributed by atoms with Gasteiger partial charge in [-0.05, 0) is 66.5 Å². The summed E-state index contributed by atoms with van der Waals surface area (Å²) in [5.74, 6) is -2.39. The third-order valence-electron chi connectivity index (χ3n) is 7.37. The lowest BCUT2D eigenvalue weighted by atomic mass is 9.69. The van der Waals surface area contributed by atoms with Gasteiger partial charge in [0, 0.05) is 10.8 Å². The van der Waals surface area contributed by atoms with Gasteiger partial charge in [-0.2, -0.15) is 0 Å². The van der Waals surface area contributed by atoms with Crippen molar-refractivity contribution in [2.75, 3.05) is 13.2 Å². The second-order valence-electron chi connectivity index (χ2n) is 9.56. The van der Waals surface area contributed by atoms with E-state index in [1.54, 1.807) is 6.07 Å². The van der Waals surface area contributed by atoms with Crippen molar-refractivity contribution >= 4 is 29.2 Å². The molecule has 2 fully saturated rings. The van der Waals surface area contributed by atoms with E-state index in [2.05, 4.69) is 0 Å². The number of hydrogen-bond acceptors (Lipinski definition) is 6. The van der Waals surface area contributed by atoms with Gasteiger partial charge in [0.1, 0.15) is 0 Å². The van der Waals surface area contributed by atoms with Crippen LogP contribution in [0.1, 0.15) is 36.6 Å². The highest BCUT2D eigenvalue weighted by Gasteiger charge is 2.56. The number of aromatic hydroxyl groups is 1. The molecule has 1 aromatic heterocycles. The van der Waals surface area contributed by atoms with Crippen LogP contribution in [-0.2, 0) is 20.9 Å². The first-order chi connectivity index (χ1) is 16.9. The molecular formula is C27H28FNO5S. The summed E-state index contributed by atoms with van der Waals surface area (Å²) >= 11 is 1.52. The number of phenolic OH excluding ortho intramolecular Hbond substituents is 1. The molecule has 8 heteroatoms. The number of amides is 2. The number of hydrogen-bond donors (Lipinski definition) is 2. The second-order valence-corrected chi connectivity index (χ2v) is 10.6. The maximum Gasteiger partial charge on any atom is 0.234 e. The average molecular weight is 498 g/mol. The molecule has 184 valence electrons. The van der Waals surface area contributed by atoms with Crippen LogP contribution in [0.2, 0.25) is 0 Å². The number of benzene rings is 1. The van der Waals surface area contributed by atoms with Crippen LogP contribution in [-0.4, -0.2) is 46.2 Å². The Labute approximate surface area is 207 Å². The van der Waals surface area contributed by atoms with E-state index < -0.39 is 17.7 Å². The molecule has 0 saturated carbocycles. The number of fused-ring (bicyclic) bond motifs is 3. The number of rotatable bonds is 7. The van der Waals surface area contributed by atoms with Gasteiger partial charge in [0.15, 0.2) is 11.6 Å². The van der Waals surface area contributed by atoms with E-state index in [0.717, 1.165) is 21.6 Å². The molecule has 0 bridgehead atoms. The maximum atomic E-state index is 13.6. The quantitative estimate of drug-likeness (QED) is 0.440. The first-order valence-corrected chi connectivity index (χ1v) is 12.7. The molecule has 0 unspecified atom stereocenters. The molecule has 2 aromatic rings. The molecular weight excluding hydrogens is 469 g/mol. The highest BCUT2D eigenvalue weighted by Crippen LogP contribution is 2.50. The van der Waals surface area contributed by atoms with Crippen molar-refractivity contribution in [2.24, 2.45) is 17.8 Å². The summed E-state index contributed by atoms with van der Waals surface area (Å²) in [6.07, 6.45) is 3.39. The molecule has 2 aliphatic heterocycles. The summed E-state index contributed by atoms with van der Waals surface area (Å²) in [4.78, 5) is 28.9. The number of likely N-dealkylation sites (tertiary alicyclic amines) is 1. The van der Waals surface area contributed by atoms with Gasteiger partial charge in [0.25, 0.3) is 0 Å². The standard InChI is InChI=1S/C27H28FNO5S/c1-15(9-16-5-6-22(31)21(28)10-16)4-7-23-24-17(13-30)11-19-25(20(24)14-34-23)27(33)29(26(19)32)12-18-3-2-8-35-18/h2-3,5-6,8-10,19-20,23,25,30-31H,4,7,11-14H2,1H3/b15-9+/t19-,20+,23-,25-/m1/s1. The van der Waals surface area contributed by atoms with Crippen LogP contribution in [0.4, 0.5) is 4.39 Å². The van der Waals surface area contributed by atoms with E-state index in [1.807, 2.05) is 30.5 Å². The molecule has 4 atom stereocenters. The second kappa shape index (κ2) is 9.68. The summed E-state index contributed by atoms with van der Waals surface area (Å²) in [5, 5.41) is 21.4. The molecule has 5 rings (SSSR count). The zero-order valence-electron chi connectivity index (χ0n) is 19.4. The van der Waals surface area contributed by atoms with Crippen molar-refractivity contribution in [1.82, 2.24) is 4.90 Å². The predicted molar refractivity (Wildman–Crippen MR) is 130 cm³/mol. The number of carbonyl (C=O) groups excluding carboxylic acids is 2. The molecule has 1 aromatic carbocycles. The SMILES string of the molecule is C/C(=C\c1ccc(O)c(F)c1)CC[C@H]1OC[C@H]2C1=C(CO)C[C@H]1C(=O)N(Cc3cccs3)C(=O)[C@H]12. The largest absolute Gasteiger partial charge is 0.505 e. The molecule has 1 aliphatic carbocycles. The Morgan fingerprint density at radius 3 is 2.80 bits per heavy atom. The number of ether oxygens (including phenoxy) is 1. The number of thiophene rings is 1. The molecule has 0 spiro atoms. The minimum atomic E-state index is -0.660. The van der Waals surface area contributed by atoms with E-state index in [4.69, 9.17) is 4.74 Å². The smallest absolute Gasteiger partial charge is 0.234 e. The number of allylic oxidation sites excluding steroid dienone is 1. The summed E-state index contributed by atoms with van der Waals surface area (Å²) in [7, 11) is 0. The van der Waals surface area contributed by atoms with Gasteiger partial charge >= 0.3 is 0 Å². The van der Waals surface area contributed by atoms with Crippen LogP contribution in [0.3, 0.4) is 0 Å². The normalized spacial score (nSPS) is 26.5. The average Bonchev–Trinajstić information content (AvgIpc) is 3.56. The molecule has 2 amide bonds. The minimum absolute atomic E-state index is 0.137. The van der Waals surface area contributed by atoms with Gasteiger partial charge in [-0.3, -0.25) is 14.5 Å². The summed E-state index contributed by atoms with van der Waals surface area (Å²) < 4.78 is 19.8. The lowest BCUT2D eigenvalue weighted by Gasteiger charge is -2.31. The Morgan fingerprint density at radius 2 is 2.09 bits per heavy atom. The van der Waals surface area contributed by atoms with Crippen LogP contribution in [0.15, 0.2) is 52.4 Å². The Hall–Kier alpha value is -2.81. The molecule has 3 aliphatic rings. The fourth-order valence-electron chi connectivity index (χ4n) is 5.73. The monoisotopic (exact) mass is 497 g/mol. The van der Waals surface area contributed by atoms with Gasteiger partial charge in [0.2, 0.25) is 11.8 Å². The van der Waals surface area contributed by atoms with Crippen molar-refractivity contribution < 1.29 is 28.9 Å². The van der Waals surface area contributed by atoms with E-state index in [-0.39, 0.29) is 36.2 Å². The third-order valence-corrected chi connectivity index (χ3v) is 8.23. The number of aliphatic hydroxyl groups excluding tert-OH is 1. The molecule has 2 saturated heterocycles. The van der Waals surface area contributed by atoms with Crippen LogP contribution in [0.25, 0.3) is 6.08 Å². The minimum Gasteiger partial charge on any atom is -0.505 e. The van der Waals surface area contributed by atoms with E-state index in [9.17, 15) is 24.2 Å². The summed E-state index contributed by atoms with van der Waals surface area (Å²) in [6, 6.07) is 8.11. The van der Waals surface area contributed by atoms with Gasteiger partial charge in [0.05, 0.1) is 37.7 Å². The predicted octanol–water partition coefficient (Wildman–Crippen LogP) is 4.29. The van der Waals surface area contributed by atoms with E-state index in [1.165, 1.54) is 28.4 Å². The van der Waals surface area contributed by atoms with Crippen LogP contribution >= 0.6 is 11.3 Å². The van der Waals surface area contributed by atoms with Crippen molar-refractivity contribution in [1.29, 1.82) is 0 Å². The molecule has 0 radical (unpaired) electrons. The first kappa shape index (κ1) is 23.9. The first-order valence-electron chi connectivity index (χ1n) is 11.8. The third kappa shape index (κ3) is 4.46. The molecule has 35 heavy (non-hydrogen) atoms. The highest BCUT2D eigenvalue weighted by atomic mass is 32.1. The van der Waals surface area contributed by atoms with Gasteiger partial charge < -0.3 is 14.9 Å². The number of halogens is 1. The molecule has 6 nitrogen and oxygen atoms in total. The van der Waals surface area contributed by atoms with Crippen molar-refractivity contribution in [3.05, 3.63) is 68.7 Å². The topological polar surface area (TPSA) is 87.1 Å². The van der Waals surface area contributed by atoms with Crippen molar-refractivity contribution in [2.45, 2.75) is 38.8 Å². The maximum absolute atomic E-state index is 13.6. The summed E-state index contributed by atoms with van der Waals surface area (Å²) in [6.45, 7) is 2.47. The highest BCUT2D eigenvalue weighted by molar-refractivity contribution is 7.09. The fourth-order valence-corrected chi connectivity index (χ4v) is 6.42. The van der Waals surface area contributed by atoms with Crippen molar-refractivity contribution in [3.8, 4) is 5.75 Å². The molecule has 3 heterocycles. The number of nitrogens with zero attached hydrogens (tertiary/aromatic N) is 1.